The highest BCUT2D eigenvalue weighted by Crippen LogP contribution is 2.26. The Balaban J connectivity index is 1.45. The fourth-order valence-corrected chi connectivity index (χ4v) is 4.57. The highest BCUT2D eigenvalue weighted by molar-refractivity contribution is 7.92. The highest BCUT2D eigenvalue weighted by Gasteiger charge is 2.21. The van der Waals surface area contributed by atoms with Gasteiger partial charge in [-0.1, -0.05) is 31.0 Å². The molecule has 1 aliphatic carbocycles. The molecule has 0 unspecified atom stereocenters. The van der Waals surface area contributed by atoms with Crippen LogP contribution in [0.3, 0.4) is 0 Å². The molecule has 7 nitrogen and oxygen atoms in total. The number of carbonyl (C=O) groups excluding carboxylic acids is 1. The molecule has 0 atom stereocenters. The zero-order chi connectivity index (χ0) is 21.7. The lowest BCUT2D eigenvalue weighted by Gasteiger charge is -2.14. The van der Waals surface area contributed by atoms with Crippen molar-refractivity contribution in [1.82, 2.24) is 10.3 Å². The van der Waals surface area contributed by atoms with Crippen molar-refractivity contribution in [2.24, 2.45) is 0 Å². The molecule has 0 saturated heterocycles. The number of sulfonamides is 1. The molecule has 1 heterocycles. The summed E-state index contributed by atoms with van der Waals surface area (Å²) in [5.74, 6) is 0.439. The first kappa shape index (κ1) is 20.9. The first-order chi connectivity index (χ1) is 15.0. The van der Waals surface area contributed by atoms with E-state index >= 15 is 0 Å². The standard InChI is InChI=1S/C23H23N3O4S/c27-22(25-17-7-4-5-8-17)21-11-6-16-24-23(21)30-19-14-12-18(13-15-19)26-31(28,29)20-9-2-1-3-10-20/h1-3,6,9-17,26H,4-5,7-8H2,(H,25,27). The second-order valence-corrected chi connectivity index (χ2v) is 9.04. The topological polar surface area (TPSA) is 97.4 Å². The second-order valence-electron chi connectivity index (χ2n) is 7.36. The minimum absolute atomic E-state index is 0.182. The summed E-state index contributed by atoms with van der Waals surface area (Å²) in [7, 11) is -3.67. The SMILES string of the molecule is O=C(NC1CCCC1)c1cccnc1Oc1ccc(NS(=O)(=O)c2ccccc2)cc1. The number of aromatic nitrogens is 1. The number of carbonyl (C=O) groups is 1. The predicted octanol–water partition coefficient (Wildman–Crippen LogP) is 4.35. The Labute approximate surface area is 181 Å². The van der Waals surface area contributed by atoms with Crippen molar-refractivity contribution in [3.8, 4) is 11.6 Å². The summed E-state index contributed by atoms with van der Waals surface area (Å²) >= 11 is 0. The van der Waals surface area contributed by atoms with E-state index in [-0.39, 0.29) is 22.7 Å². The van der Waals surface area contributed by atoms with Crippen LogP contribution in [0, 0.1) is 0 Å². The molecule has 1 saturated carbocycles. The van der Waals surface area contributed by atoms with Gasteiger partial charge in [0.15, 0.2) is 0 Å². The molecule has 2 N–H and O–H groups in total. The molecule has 2 aromatic carbocycles. The van der Waals surface area contributed by atoms with E-state index in [1.54, 1.807) is 60.8 Å². The lowest BCUT2D eigenvalue weighted by molar-refractivity contribution is 0.0935. The van der Waals surface area contributed by atoms with Gasteiger partial charge in [-0.15, -0.1) is 0 Å². The van der Waals surface area contributed by atoms with E-state index in [4.69, 9.17) is 4.74 Å². The Morgan fingerprint density at radius 1 is 0.935 bits per heavy atom. The van der Waals surface area contributed by atoms with Crippen LogP contribution in [0.4, 0.5) is 5.69 Å². The average molecular weight is 438 g/mol. The van der Waals surface area contributed by atoms with Crippen molar-refractivity contribution in [1.29, 1.82) is 0 Å². The molecule has 4 rings (SSSR count). The monoisotopic (exact) mass is 437 g/mol. The molecule has 1 amide bonds. The number of pyridine rings is 1. The van der Waals surface area contributed by atoms with Gasteiger partial charge in [0.1, 0.15) is 11.3 Å². The molecule has 160 valence electrons. The summed E-state index contributed by atoms with van der Waals surface area (Å²) in [6.07, 6.45) is 5.79. The van der Waals surface area contributed by atoms with Crippen molar-refractivity contribution in [3.63, 3.8) is 0 Å². The van der Waals surface area contributed by atoms with Crippen LogP contribution in [0.15, 0.2) is 77.8 Å². The van der Waals surface area contributed by atoms with Gasteiger partial charge in [-0.3, -0.25) is 9.52 Å². The maximum Gasteiger partial charge on any atom is 0.261 e. The molecule has 1 aliphatic rings. The number of nitrogens with zero attached hydrogens (tertiary/aromatic N) is 1. The molecule has 0 radical (unpaired) electrons. The van der Waals surface area contributed by atoms with E-state index in [9.17, 15) is 13.2 Å². The molecular formula is C23H23N3O4S. The van der Waals surface area contributed by atoms with Crippen LogP contribution in [0.1, 0.15) is 36.0 Å². The summed E-state index contributed by atoms with van der Waals surface area (Å²) in [6, 6.07) is 18.1. The molecule has 1 aromatic heterocycles. The predicted molar refractivity (Wildman–Crippen MR) is 118 cm³/mol. The van der Waals surface area contributed by atoms with Gasteiger partial charge in [-0.25, -0.2) is 13.4 Å². The van der Waals surface area contributed by atoms with Crippen LogP contribution in [0.25, 0.3) is 0 Å². The zero-order valence-corrected chi connectivity index (χ0v) is 17.6. The quantitative estimate of drug-likeness (QED) is 0.573. The minimum Gasteiger partial charge on any atom is -0.438 e. The third-order valence-electron chi connectivity index (χ3n) is 5.08. The summed E-state index contributed by atoms with van der Waals surface area (Å²) < 4.78 is 33.2. The minimum atomic E-state index is -3.67. The summed E-state index contributed by atoms with van der Waals surface area (Å²) in [5.41, 5.74) is 0.764. The molecule has 0 aliphatic heterocycles. The Hall–Kier alpha value is -3.39. The van der Waals surface area contributed by atoms with Crippen LogP contribution in [0.2, 0.25) is 0 Å². The van der Waals surface area contributed by atoms with Gasteiger partial charge in [-0.2, -0.15) is 0 Å². The molecule has 31 heavy (non-hydrogen) atoms. The van der Waals surface area contributed by atoms with Crippen LogP contribution in [-0.4, -0.2) is 25.4 Å². The van der Waals surface area contributed by atoms with Gasteiger partial charge in [0.25, 0.3) is 15.9 Å². The maximum absolute atomic E-state index is 12.6. The Morgan fingerprint density at radius 2 is 1.65 bits per heavy atom. The molecule has 0 bridgehead atoms. The number of ether oxygens (including phenoxy) is 1. The first-order valence-electron chi connectivity index (χ1n) is 10.1. The van der Waals surface area contributed by atoms with Crippen LogP contribution in [-0.2, 0) is 10.0 Å². The second kappa shape index (κ2) is 9.18. The highest BCUT2D eigenvalue weighted by atomic mass is 32.2. The molecule has 0 spiro atoms. The zero-order valence-electron chi connectivity index (χ0n) is 16.8. The number of hydrogen-bond donors (Lipinski definition) is 2. The fourth-order valence-electron chi connectivity index (χ4n) is 3.49. The number of amides is 1. The Morgan fingerprint density at radius 3 is 2.35 bits per heavy atom. The van der Waals surface area contributed by atoms with Gasteiger partial charge in [0.05, 0.1) is 4.90 Å². The number of anilines is 1. The van der Waals surface area contributed by atoms with Crippen LogP contribution >= 0.6 is 0 Å². The lowest BCUT2D eigenvalue weighted by atomic mass is 10.2. The van der Waals surface area contributed by atoms with Gasteiger partial charge >= 0.3 is 0 Å². The molecule has 3 aromatic rings. The van der Waals surface area contributed by atoms with Crippen molar-refractivity contribution in [2.75, 3.05) is 4.72 Å². The smallest absolute Gasteiger partial charge is 0.261 e. The van der Waals surface area contributed by atoms with Gasteiger partial charge in [0.2, 0.25) is 5.88 Å². The normalized spacial score (nSPS) is 14.2. The van der Waals surface area contributed by atoms with Crippen molar-refractivity contribution in [2.45, 2.75) is 36.6 Å². The third kappa shape index (κ3) is 5.21. The van der Waals surface area contributed by atoms with E-state index in [1.165, 1.54) is 12.1 Å². The molecular weight excluding hydrogens is 414 g/mol. The number of rotatable bonds is 7. The Bertz CT molecular complexity index is 1140. The van der Waals surface area contributed by atoms with E-state index in [0.717, 1.165) is 25.7 Å². The Kier molecular flexibility index (Phi) is 6.18. The largest absolute Gasteiger partial charge is 0.438 e. The van der Waals surface area contributed by atoms with Gasteiger partial charge < -0.3 is 10.1 Å². The summed E-state index contributed by atoms with van der Waals surface area (Å²) in [6.45, 7) is 0. The van der Waals surface area contributed by atoms with Crippen LogP contribution in [0.5, 0.6) is 11.6 Å². The van der Waals surface area contributed by atoms with E-state index in [2.05, 4.69) is 15.0 Å². The third-order valence-corrected chi connectivity index (χ3v) is 6.48. The van der Waals surface area contributed by atoms with Crippen molar-refractivity contribution < 1.29 is 17.9 Å². The maximum atomic E-state index is 12.6. The van der Waals surface area contributed by atoms with E-state index in [0.29, 0.717) is 17.0 Å². The van der Waals surface area contributed by atoms with E-state index in [1.807, 2.05) is 0 Å². The summed E-state index contributed by atoms with van der Waals surface area (Å²) in [5, 5.41) is 3.04. The average Bonchev–Trinajstić information content (AvgIpc) is 3.29. The fraction of sp³-hybridized carbons (Fsp3) is 0.217. The number of nitrogens with one attached hydrogen (secondary N) is 2. The van der Waals surface area contributed by atoms with Crippen molar-refractivity contribution >= 4 is 21.6 Å². The summed E-state index contributed by atoms with van der Waals surface area (Å²) in [4.78, 5) is 17.0. The van der Waals surface area contributed by atoms with Crippen molar-refractivity contribution in [3.05, 3.63) is 78.5 Å². The van der Waals surface area contributed by atoms with Gasteiger partial charge in [-0.05, 0) is 61.4 Å². The van der Waals surface area contributed by atoms with Gasteiger partial charge in [0, 0.05) is 17.9 Å². The van der Waals surface area contributed by atoms with Crippen LogP contribution < -0.4 is 14.8 Å². The number of hydrogen-bond acceptors (Lipinski definition) is 5. The first-order valence-corrected chi connectivity index (χ1v) is 11.6. The number of benzene rings is 2. The molecule has 8 heteroatoms. The molecule has 1 fully saturated rings. The van der Waals surface area contributed by atoms with E-state index < -0.39 is 10.0 Å². The lowest BCUT2D eigenvalue weighted by Crippen LogP contribution is -2.32.